The molecule has 0 bridgehead atoms. The quantitative estimate of drug-likeness (QED) is 0.636. The number of primary amides is 1. The average Bonchev–Trinajstić information content (AvgIpc) is 2.58. The molecule has 2 amide bonds. The van der Waals surface area contributed by atoms with Gasteiger partial charge in [-0.25, -0.2) is 4.79 Å². The molecule has 0 aliphatic rings. The lowest BCUT2D eigenvalue weighted by molar-refractivity contribution is -0.138. The van der Waals surface area contributed by atoms with Crippen molar-refractivity contribution in [2.45, 2.75) is 12.7 Å². The van der Waals surface area contributed by atoms with E-state index in [-0.39, 0.29) is 11.0 Å². The second-order valence-corrected chi connectivity index (χ2v) is 6.46. The van der Waals surface area contributed by atoms with Crippen molar-refractivity contribution in [3.63, 3.8) is 0 Å². The molecule has 0 saturated heterocycles. The van der Waals surface area contributed by atoms with Crippen LogP contribution in [0.3, 0.4) is 0 Å². The van der Waals surface area contributed by atoms with Crippen molar-refractivity contribution in [2.75, 3.05) is 4.90 Å². The third-order valence-corrected chi connectivity index (χ3v) is 4.55. The molecule has 26 heavy (non-hydrogen) atoms. The van der Waals surface area contributed by atoms with Crippen molar-refractivity contribution < 1.29 is 18.0 Å². The standard InChI is InChI=1S/C18H13BrF3N3O/c19-15-8-11(4-5-14(15)18(20,21)22)10-25(17(23)26)16-3-1-2-12-9-24-7-6-13(12)16/h1-9H,10H2,(H2,23,26). The highest BCUT2D eigenvalue weighted by Gasteiger charge is 2.33. The van der Waals surface area contributed by atoms with Crippen LogP contribution in [-0.4, -0.2) is 11.0 Å². The highest BCUT2D eigenvalue weighted by atomic mass is 79.9. The van der Waals surface area contributed by atoms with Crippen molar-refractivity contribution in [1.82, 2.24) is 4.98 Å². The number of benzene rings is 2. The summed E-state index contributed by atoms with van der Waals surface area (Å²) in [4.78, 5) is 17.4. The van der Waals surface area contributed by atoms with E-state index in [0.717, 1.165) is 16.8 Å². The van der Waals surface area contributed by atoms with Gasteiger partial charge in [0.2, 0.25) is 0 Å². The third-order valence-electron chi connectivity index (χ3n) is 3.89. The molecule has 1 aromatic heterocycles. The van der Waals surface area contributed by atoms with E-state index < -0.39 is 17.8 Å². The summed E-state index contributed by atoms with van der Waals surface area (Å²) in [5, 5.41) is 1.59. The normalized spacial score (nSPS) is 11.5. The smallest absolute Gasteiger partial charge is 0.351 e. The number of carbonyl (C=O) groups excluding carboxylic acids is 1. The minimum Gasteiger partial charge on any atom is -0.351 e. The van der Waals surface area contributed by atoms with Crippen molar-refractivity contribution in [3.8, 4) is 0 Å². The van der Waals surface area contributed by atoms with E-state index in [1.54, 1.807) is 30.6 Å². The van der Waals surface area contributed by atoms with Gasteiger partial charge in [-0.05, 0) is 29.8 Å². The summed E-state index contributed by atoms with van der Waals surface area (Å²) < 4.78 is 38.6. The molecule has 134 valence electrons. The van der Waals surface area contributed by atoms with Gasteiger partial charge in [0.1, 0.15) is 0 Å². The van der Waals surface area contributed by atoms with Crippen LogP contribution in [0, 0.1) is 0 Å². The number of amides is 2. The maximum Gasteiger partial charge on any atom is 0.417 e. The van der Waals surface area contributed by atoms with Crippen LogP contribution in [0.5, 0.6) is 0 Å². The molecule has 0 atom stereocenters. The molecule has 0 saturated carbocycles. The predicted molar refractivity (Wildman–Crippen MR) is 96.7 cm³/mol. The molecule has 0 aliphatic carbocycles. The van der Waals surface area contributed by atoms with Gasteiger partial charge in [0.15, 0.2) is 0 Å². The molecule has 0 spiro atoms. The SMILES string of the molecule is NC(=O)N(Cc1ccc(C(F)(F)F)c(Br)c1)c1cccc2cnccc12. The second-order valence-electron chi connectivity index (χ2n) is 5.61. The van der Waals surface area contributed by atoms with Gasteiger partial charge in [0, 0.05) is 27.6 Å². The van der Waals surface area contributed by atoms with Gasteiger partial charge in [0.05, 0.1) is 17.8 Å². The number of rotatable bonds is 3. The maximum absolute atomic E-state index is 12.9. The molecular formula is C18H13BrF3N3O. The number of anilines is 1. The summed E-state index contributed by atoms with van der Waals surface area (Å²) in [6, 6.07) is 10.0. The lowest BCUT2D eigenvalue weighted by Gasteiger charge is -2.23. The van der Waals surface area contributed by atoms with Crippen LogP contribution in [0.2, 0.25) is 0 Å². The molecule has 4 nitrogen and oxygen atoms in total. The number of aromatic nitrogens is 1. The molecule has 3 aromatic rings. The molecular weight excluding hydrogens is 411 g/mol. The fourth-order valence-electron chi connectivity index (χ4n) is 2.69. The van der Waals surface area contributed by atoms with Crippen molar-refractivity contribution in [3.05, 3.63) is 70.5 Å². The molecule has 0 fully saturated rings. The topological polar surface area (TPSA) is 59.2 Å². The zero-order valence-electron chi connectivity index (χ0n) is 13.3. The first-order chi connectivity index (χ1) is 12.3. The number of halogens is 4. The summed E-state index contributed by atoms with van der Waals surface area (Å²) in [5.74, 6) is 0. The summed E-state index contributed by atoms with van der Waals surface area (Å²) in [6.45, 7) is 0.0352. The number of nitrogens with two attached hydrogens (primary N) is 1. The Hall–Kier alpha value is -2.61. The number of fused-ring (bicyclic) bond motifs is 1. The Kier molecular flexibility index (Phi) is 4.86. The number of alkyl halides is 3. The number of pyridine rings is 1. The summed E-state index contributed by atoms with van der Waals surface area (Å²) in [6.07, 6.45) is -1.20. The highest BCUT2D eigenvalue weighted by molar-refractivity contribution is 9.10. The van der Waals surface area contributed by atoms with Crippen LogP contribution in [-0.2, 0) is 12.7 Å². The van der Waals surface area contributed by atoms with Gasteiger partial charge in [0.25, 0.3) is 0 Å². The minimum absolute atomic E-state index is 0.0352. The van der Waals surface area contributed by atoms with Crippen molar-refractivity contribution in [1.29, 1.82) is 0 Å². The first kappa shape index (κ1) is 18.2. The Morgan fingerprint density at radius 1 is 1.19 bits per heavy atom. The summed E-state index contributed by atoms with van der Waals surface area (Å²) >= 11 is 2.94. The van der Waals surface area contributed by atoms with Gasteiger partial charge in [-0.15, -0.1) is 0 Å². The fraction of sp³-hybridized carbons (Fsp3) is 0.111. The number of carbonyl (C=O) groups is 1. The summed E-state index contributed by atoms with van der Waals surface area (Å²) in [5.41, 5.74) is 5.82. The van der Waals surface area contributed by atoms with Crippen LogP contribution in [0.4, 0.5) is 23.7 Å². The fourth-order valence-corrected chi connectivity index (χ4v) is 3.34. The van der Waals surface area contributed by atoms with E-state index in [2.05, 4.69) is 20.9 Å². The number of hydrogen-bond donors (Lipinski definition) is 1. The van der Waals surface area contributed by atoms with Crippen molar-refractivity contribution in [2.24, 2.45) is 5.73 Å². The average molecular weight is 424 g/mol. The highest BCUT2D eigenvalue weighted by Crippen LogP contribution is 2.35. The minimum atomic E-state index is -4.45. The number of urea groups is 1. The van der Waals surface area contributed by atoms with Crippen LogP contribution < -0.4 is 10.6 Å². The van der Waals surface area contributed by atoms with E-state index in [4.69, 9.17) is 5.73 Å². The van der Waals surface area contributed by atoms with E-state index in [0.29, 0.717) is 11.3 Å². The molecule has 1 heterocycles. The van der Waals surface area contributed by atoms with Crippen molar-refractivity contribution >= 4 is 38.4 Å². The molecule has 2 N–H and O–H groups in total. The van der Waals surface area contributed by atoms with Gasteiger partial charge in [-0.2, -0.15) is 13.2 Å². The van der Waals surface area contributed by atoms with Gasteiger partial charge in [-0.1, -0.05) is 34.1 Å². The van der Waals surface area contributed by atoms with Gasteiger partial charge >= 0.3 is 12.2 Å². The van der Waals surface area contributed by atoms with E-state index in [9.17, 15) is 18.0 Å². The lowest BCUT2D eigenvalue weighted by Crippen LogP contribution is -2.35. The maximum atomic E-state index is 12.9. The summed E-state index contributed by atoms with van der Waals surface area (Å²) in [7, 11) is 0. The molecule has 8 heteroatoms. The monoisotopic (exact) mass is 423 g/mol. The predicted octanol–water partition coefficient (Wildman–Crippen LogP) is 5.10. The number of hydrogen-bond acceptors (Lipinski definition) is 2. The van der Waals surface area contributed by atoms with E-state index >= 15 is 0 Å². The van der Waals surface area contributed by atoms with Crippen LogP contribution >= 0.6 is 15.9 Å². The second kappa shape index (κ2) is 6.95. The Labute approximate surface area is 155 Å². The Balaban J connectivity index is 2.00. The molecule has 0 radical (unpaired) electrons. The van der Waals surface area contributed by atoms with Gasteiger partial charge < -0.3 is 5.73 Å². The lowest BCUT2D eigenvalue weighted by atomic mass is 10.1. The molecule has 0 aliphatic heterocycles. The molecule has 2 aromatic carbocycles. The van der Waals surface area contributed by atoms with E-state index in [1.165, 1.54) is 17.0 Å². The zero-order chi connectivity index (χ0) is 18.9. The van der Waals surface area contributed by atoms with Crippen LogP contribution in [0.1, 0.15) is 11.1 Å². The molecule has 3 rings (SSSR count). The molecule has 0 unspecified atom stereocenters. The Morgan fingerprint density at radius 2 is 1.96 bits per heavy atom. The third kappa shape index (κ3) is 3.65. The first-order valence-electron chi connectivity index (χ1n) is 7.52. The van der Waals surface area contributed by atoms with E-state index in [1.807, 2.05) is 6.07 Å². The zero-order valence-corrected chi connectivity index (χ0v) is 14.9. The van der Waals surface area contributed by atoms with Crippen LogP contribution in [0.25, 0.3) is 10.8 Å². The number of nitrogens with zero attached hydrogens (tertiary/aromatic N) is 2. The van der Waals surface area contributed by atoms with Gasteiger partial charge in [-0.3, -0.25) is 9.88 Å². The van der Waals surface area contributed by atoms with Crippen LogP contribution in [0.15, 0.2) is 59.3 Å². The largest absolute Gasteiger partial charge is 0.417 e. The first-order valence-corrected chi connectivity index (χ1v) is 8.32. The Bertz CT molecular complexity index is 970. The Morgan fingerprint density at radius 3 is 2.62 bits per heavy atom.